The van der Waals surface area contributed by atoms with Gasteiger partial charge in [-0.05, 0) is 38.5 Å². The van der Waals surface area contributed by atoms with Crippen molar-refractivity contribution in [3.63, 3.8) is 0 Å². The summed E-state index contributed by atoms with van der Waals surface area (Å²) < 4.78 is 12.9. The number of hydrogen-bond donors (Lipinski definition) is 2. The highest BCUT2D eigenvalue weighted by Gasteiger charge is 2.09. The first-order valence-corrected chi connectivity index (χ1v) is 6.61. The number of carbonyl (C=O) groups excluding carboxylic acids is 1. The van der Waals surface area contributed by atoms with Crippen molar-refractivity contribution in [1.82, 2.24) is 10.6 Å². The van der Waals surface area contributed by atoms with Gasteiger partial charge in [-0.1, -0.05) is 17.7 Å². The number of benzene rings is 1. The maximum Gasteiger partial charge on any atom is 0.221 e. The van der Waals surface area contributed by atoms with Gasteiger partial charge in [-0.25, -0.2) is 4.39 Å². The van der Waals surface area contributed by atoms with Crippen molar-refractivity contribution in [2.45, 2.75) is 39.3 Å². The van der Waals surface area contributed by atoms with Gasteiger partial charge < -0.3 is 10.6 Å². The molecule has 3 nitrogen and oxygen atoms in total. The van der Waals surface area contributed by atoms with Crippen LogP contribution in [0.3, 0.4) is 0 Å². The fraction of sp³-hybridized carbons (Fsp3) is 0.500. The Morgan fingerprint density at radius 1 is 1.37 bits per heavy atom. The minimum Gasteiger partial charge on any atom is -0.352 e. The van der Waals surface area contributed by atoms with Gasteiger partial charge in [0.2, 0.25) is 5.91 Å². The Morgan fingerprint density at radius 3 is 2.63 bits per heavy atom. The van der Waals surface area contributed by atoms with Crippen molar-refractivity contribution in [3.05, 3.63) is 34.6 Å². The van der Waals surface area contributed by atoms with Crippen LogP contribution in [-0.4, -0.2) is 18.0 Å². The molecular formula is C14H20ClFN2O. The molecule has 0 aliphatic heterocycles. The van der Waals surface area contributed by atoms with Gasteiger partial charge in [0.25, 0.3) is 0 Å². The predicted octanol–water partition coefficient (Wildman–Crippen LogP) is 2.87. The van der Waals surface area contributed by atoms with Crippen LogP contribution in [0, 0.1) is 5.82 Å². The summed E-state index contributed by atoms with van der Waals surface area (Å²) in [6.45, 7) is 7.12. The van der Waals surface area contributed by atoms with Crippen molar-refractivity contribution in [3.8, 4) is 0 Å². The van der Waals surface area contributed by atoms with E-state index in [1.165, 1.54) is 12.1 Å². The second-order valence-electron chi connectivity index (χ2n) is 5.45. The topological polar surface area (TPSA) is 41.1 Å². The Bertz CT molecular complexity index is 444. The summed E-state index contributed by atoms with van der Waals surface area (Å²) in [7, 11) is 0. The lowest BCUT2D eigenvalue weighted by Crippen LogP contribution is -2.38. The molecule has 0 fully saturated rings. The Labute approximate surface area is 118 Å². The van der Waals surface area contributed by atoms with Gasteiger partial charge in [0, 0.05) is 25.0 Å². The maximum atomic E-state index is 12.9. The van der Waals surface area contributed by atoms with Crippen molar-refractivity contribution >= 4 is 17.5 Å². The largest absolute Gasteiger partial charge is 0.352 e. The van der Waals surface area contributed by atoms with E-state index >= 15 is 0 Å². The predicted molar refractivity (Wildman–Crippen MR) is 75.6 cm³/mol. The van der Waals surface area contributed by atoms with Gasteiger partial charge in [-0.2, -0.15) is 0 Å². The van der Waals surface area contributed by atoms with Crippen LogP contribution in [0.15, 0.2) is 18.2 Å². The van der Waals surface area contributed by atoms with Crippen LogP contribution in [0.2, 0.25) is 5.02 Å². The molecule has 0 aliphatic carbocycles. The molecule has 2 N–H and O–H groups in total. The molecule has 0 radical (unpaired) electrons. The SMILES string of the molecule is CC(C)(C)NCCC(=O)NCc1ccc(F)c(Cl)c1. The highest BCUT2D eigenvalue weighted by molar-refractivity contribution is 6.30. The molecule has 19 heavy (non-hydrogen) atoms. The van der Waals surface area contributed by atoms with E-state index < -0.39 is 5.82 Å². The zero-order valence-corrected chi connectivity index (χ0v) is 12.3. The van der Waals surface area contributed by atoms with E-state index in [0.717, 1.165) is 5.56 Å². The highest BCUT2D eigenvalue weighted by atomic mass is 35.5. The van der Waals surface area contributed by atoms with Gasteiger partial charge >= 0.3 is 0 Å². The molecule has 0 spiro atoms. The number of amides is 1. The molecule has 0 atom stereocenters. The molecule has 1 amide bonds. The lowest BCUT2D eigenvalue weighted by atomic mass is 10.1. The molecule has 0 saturated heterocycles. The average Bonchev–Trinajstić information content (AvgIpc) is 2.29. The first kappa shape index (κ1) is 15.9. The Kier molecular flexibility index (Phi) is 5.76. The van der Waals surface area contributed by atoms with Crippen LogP contribution in [0.5, 0.6) is 0 Å². The second-order valence-corrected chi connectivity index (χ2v) is 5.86. The summed E-state index contributed by atoms with van der Waals surface area (Å²) in [6, 6.07) is 4.42. The molecule has 1 rings (SSSR count). The lowest BCUT2D eigenvalue weighted by molar-refractivity contribution is -0.121. The molecule has 1 aromatic carbocycles. The number of carbonyl (C=O) groups is 1. The van der Waals surface area contributed by atoms with Crippen LogP contribution < -0.4 is 10.6 Å². The number of nitrogens with one attached hydrogen (secondary N) is 2. The highest BCUT2D eigenvalue weighted by Crippen LogP contribution is 2.15. The summed E-state index contributed by atoms with van der Waals surface area (Å²) in [4.78, 5) is 11.6. The molecule has 0 bridgehead atoms. The number of hydrogen-bond acceptors (Lipinski definition) is 2. The van der Waals surface area contributed by atoms with E-state index in [1.807, 2.05) is 20.8 Å². The van der Waals surface area contributed by atoms with Gasteiger partial charge in [0.15, 0.2) is 0 Å². The first-order valence-electron chi connectivity index (χ1n) is 6.23. The van der Waals surface area contributed by atoms with E-state index in [9.17, 15) is 9.18 Å². The molecule has 106 valence electrons. The third-order valence-electron chi connectivity index (χ3n) is 2.48. The summed E-state index contributed by atoms with van der Waals surface area (Å²) in [5, 5.41) is 6.08. The van der Waals surface area contributed by atoms with Crippen LogP contribution in [0.25, 0.3) is 0 Å². The van der Waals surface area contributed by atoms with Crippen molar-refractivity contribution in [1.29, 1.82) is 0 Å². The van der Waals surface area contributed by atoms with Crippen LogP contribution >= 0.6 is 11.6 Å². The number of rotatable bonds is 5. The fourth-order valence-corrected chi connectivity index (χ4v) is 1.69. The van der Waals surface area contributed by atoms with E-state index in [4.69, 9.17) is 11.6 Å². The fourth-order valence-electron chi connectivity index (χ4n) is 1.49. The van der Waals surface area contributed by atoms with Gasteiger partial charge in [0.05, 0.1) is 5.02 Å². The van der Waals surface area contributed by atoms with Gasteiger partial charge in [0.1, 0.15) is 5.82 Å². The van der Waals surface area contributed by atoms with Gasteiger partial charge in [-0.15, -0.1) is 0 Å². The number of halogens is 2. The molecule has 0 unspecified atom stereocenters. The zero-order valence-electron chi connectivity index (χ0n) is 11.5. The summed E-state index contributed by atoms with van der Waals surface area (Å²) in [5.41, 5.74) is 0.786. The molecular weight excluding hydrogens is 267 g/mol. The Morgan fingerprint density at radius 2 is 2.05 bits per heavy atom. The van der Waals surface area contributed by atoms with E-state index in [2.05, 4.69) is 10.6 Å². The molecule has 0 saturated carbocycles. The Hall–Kier alpha value is -1.13. The normalized spacial score (nSPS) is 11.4. The van der Waals surface area contributed by atoms with E-state index in [1.54, 1.807) is 6.07 Å². The molecule has 5 heteroatoms. The third-order valence-corrected chi connectivity index (χ3v) is 2.77. The van der Waals surface area contributed by atoms with Crippen molar-refractivity contribution < 1.29 is 9.18 Å². The standard InChI is InChI=1S/C14H20ClFN2O/c1-14(2,3)18-7-6-13(19)17-9-10-4-5-12(16)11(15)8-10/h4-5,8,18H,6-7,9H2,1-3H3,(H,17,19). The molecule has 0 heterocycles. The monoisotopic (exact) mass is 286 g/mol. The van der Waals surface area contributed by atoms with E-state index in [-0.39, 0.29) is 16.5 Å². The maximum absolute atomic E-state index is 12.9. The minimum atomic E-state index is -0.453. The summed E-state index contributed by atoms with van der Waals surface area (Å²) in [6.07, 6.45) is 0.409. The molecule has 0 aromatic heterocycles. The smallest absolute Gasteiger partial charge is 0.221 e. The van der Waals surface area contributed by atoms with Crippen LogP contribution in [0.4, 0.5) is 4.39 Å². The average molecular weight is 287 g/mol. The van der Waals surface area contributed by atoms with Crippen molar-refractivity contribution in [2.75, 3.05) is 6.54 Å². The Balaban J connectivity index is 2.32. The summed E-state index contributed by atoms with van der Waals surface area (Å²) in [5.74, 6) is -0.497. The summed E-state index contributed by atoms with van der Waals surface area (Å²) >= 11 is 5.67. The van der Waals surface area contributed by atoms with Crippen LogP contribution in [0.1, 0.15) is 32.8 Å². The quantitative estimate of drug-likeness (QED) is 0.874. The lowest BCUT2D eigenvalue weighted by Gasteiger charge is -2.20. The molecule has 1 aromatic rings. The van der Waals surface area contributed by atoms with Gasteiger partial charge in [-0.3, -0.25) is 4.79 Å². The zero-order chi connectivity index (χ0) is 14.5. The minimum absolute atomic E-state index is 0.00472. The third kappa shape index (κ3) is 6.55. The first-order chi connectivity index (χ1) is 8.78. The van der Waals surface area contributed by atoms with Crippen LogP contribution in [-0.2, 0) is 11.3 Å². The molecule has 0 aliphatic rings. The van der Waals surface area contributed by atoms with Crippen molar-refractivity contribution in [2.24, 2.45) is 0 Å². The second kappa shape index (κ2) is 6.87. The van der Waals surface area contributed by atoms with E-state index in [0.29, 0.717) is 19.5 Å².